The SMILES string of the molecule is CCNC(=S)/C(C#N)=C(/C)NCC. The summed E-state index contributed by atoms with van der Waals surface area (Å²) >= 11 is 5.03. The van der Waals surface area contributed by atoms with Gasteiger partial charge in [-0.05, 0) is 20.8 Å². The number of nitrogens with zero attached hydrogens (tertiary/aromatic N) is 1. The molecule has 4 heteroatoms. The van der Waals surface area contributed by atoms with E-state index in [0.29, 0.717) is 10.6 Å². The molecule has 0 bridgehead atoms. The van der Waals surface area contributed by atoms with E-state index in [-0.39, 0.29) is 0 Å². The van der Waals surface area contributed by atoms with Crippen LogP contribution in [0.2, 0.25) is 0 Å². The molecule has 0 rings (SSSR count). The van der Waals surface area contributed by atoms with Crippen LogP contribution in [0.1, 0.15) is 20.8 Å². The summed E-state index contributed by atoms with van der Waals surface area (Å²) in [6, 6.07) is 2.08. The molecule has 0 heterocycles. The van der Waals surface area contributed by atoms with E-state index < -0.39 is 0 Å². The summed E-state index contributed by atoms with van der Waals surface area (Å²) in [4.78, 5) is 0.517. The highest BCUT2D eigenvalue weighted by molar-refractivity contribution is 7.80. The Hall–Kier alpha value is -1.08. The molecule has 3 nitrogen and oxygen atoms in total. The van der Waals surface area contributed by atoms with Crippen LogP contribution in [-0.4, -0.2) is 18.1 Å². The summed E-state index contributed by atoms with van der Waals surface area (Å²) < 4.78 is 0. The molecule has 13 heavy (non-hydrogen) atoms. The highest BCUT2D eigenvalue weighted by Gasteiger charge is 2.06. The van der Waals surface area contributed by atoms with Crippen LogP contribution in [0.5, 0.6) is 0 Å². The van der Waals surface area contributed by atoms with Gasteiger partial charge >= 0.3 is 0 Å². The van der Waals surface area contributed by atoms with Crippen LogP contribution in [0.15, 0.2) is 11.3 Å². The Kier molecular flexibility index (Phi) is 5.90. The van der Waals surface area contributed by atoms with Gasteiger partial charge in [-0.2, -0.15) is 5.26 Å². The lowest BCUT2D eigenvalue weighted by molar-refractivity contribution is 0.848. The van der Waals surface area contributed by atoms with Gasteiger partial charge in [-0.15, -0.1) is 0 Å². The van der Waals surface area contributed by atoms with Crippen molar-refractivity contribution in [3.05, 3.63) is 11.3 Å². The Balaban J connectivity index is 4.59. The van der Waals surface area contributed by atoms with Crippen LogP contribution >= 0.6 is 12.2 Å². The number of likely N-dealkylation sites (N-methyl/N-ethyl adjacent to an activating group) is 1. The topological polar surface area (TPSA) is 47.9 Å². The van der Waals surface area contributed by atoms with Crippen molar-refractivity contribution in [2.75, 3.05) is 13.1 Å². The average molecular weight is 197 g/mol. The average Bonchev–Trinajstić information content (AvgIpc) is 2.06. The Morgan fingerprint density at radius 3 is 2.23 bits per heavy atom. The fraction of sp³-hybridized carbons (Fsp3) is 0.556. The van der Waals surface area contributed by atoms with E-state index >= 15 is 0 Å². The lowest BCUT2D eigenvalue weighted by atomic mass is 10.2. The van der Waals surface area contributed by atoms with Crippen LogP contribution in [-0.2, 0) is 0 Å². The highest BCUT2D eigenvalue weighted by atomic mass is 32.1. The van der Waals surface area contributed by atoms with Gasteiger partial charge in [-0.3, -0.25) is 0 Å². The second-order valence-corrected chi connectivity index (χ2v) is 2.91. The minimum Gasteiger partial charge on any atom is -0.388 e. The maximum atomic E-state index is 8.84. The molecule has 0 aromatic heterocycles. The first-order chi connectivity index (χ1) is 6.17. The van der Waals surface area contributed by atoms with E-state index in [9.17, 15) is 0 Å². The van der Waals surface area contributed by atoms with Crippen molar-refractivity contribution in [1.82, 2.24) is 10.6 Å². The molecular formula is C9H15N3S. The van der Waals surface area contributed by atoms with Crippen molar-refractivity contribution in [3.8, 4) is 6.07 Å². The monoisotopic (exact) mass is 197 g/mol. The zero-order valence-corrected chi connectivity index (χ0v) is 9.09. The highest BCUT2D eigenvalue weighted by Crippen LogP contribution is 2.01. The predicted octanol–water partition coefficient (Wildman–Crippen LogP) is 1.33. The first-order valence-electron chi connectivity index (χ1n) is 4.30. The van der Waals surface area contributed by atoms with Crippen LogP contribution in [0.3, 0.4) is 0 Å². The molecule has 0 unspecified atom stereocenters. The number of hydrogen-bond donors (Lipinski definition) is 2. The second-order valence-electron chi connectivity index (χ2n) is 2.50. The molecule has 0 spiro atoms. The minimum absolute atomic E-state index is 0.517. The Morgan fingerprint density at radius 2 is 1.85 bits per heavy atom. The summed E-state index contributed by atoms with van der Waals surface area (Å²) in [6.45, 7) is 7.32. The fourth-order valence-electron chi connectivity index (χ4n) is 0.907. The molecule has 0 aliphatic heterocycles. The maximum absolute atomic E-state index is 8.84. The summed E-state index contributed by atoms with van der Waals surface area (Å²) in [5, 5.41) is 14.9. The van der Waals surface area contributed by atoms with Gasteiger partial charge in [0.1, 0.15) is 16.6 Å². The molecule has 0 fully saturated rings. The molecule has 0 atom stereocenters. The Morgan fingerprint density at radius 1 is 1.31 bits per heavy atom. The number of nitrogens with one attached hydrogen (secondary N) is 2. The molecule has 0 aliphatic rings. The molecule has 0 saturated carbocycles. The van der Waals surface area contributed by atoms with Crippen molar-refractivity contribution >= 4 is 17.2 Å². The van der Waals surface area contributed by atoms with E-state index in [1.807, 2.05) is 20.8 Å². The molecule has 0 aromatic carbocycles. The van der Waals surface area contributed by atoms with Crippen LogP contribution < -0.4 is 10.6 Å². The van der Waals surface area contributed by atoms with E-state index in [1.54, 1.807) is 0 Å². The van der Waals surface area contributed by atoms with Gasteiger partial charge in [0.15, 0.2) is 0 Å². The summed E-state index contributed by atoms with van der Waals surface area (Å²) in [7, 11) is 0. The summed E-state index contributed by atoms with van der Waals surface area (Å²) in [5.41, 5.74) is 1.36. The normalized spacial score (nSPS) is 11.2. The van der Waals surface area contributed by atoms with Gasteiger partial charge < -0.3 is 10.6 Å². The molecule has 2 N–H and O–H groups in total. The molecule has 0 aliphatic carbocycles. The van der Waals surface area contributed by atoms with Gasteiger partial charge in [-0.1, -0.05) is 12.2 Å². The standard InChI is InChI=1S/C9H15N3S/c1-4-11-7(3)8(6-10)9(13)12-5-2/h11H,4-5H2,1-3H3,(H,12,13)/b8-7-. The van der Waals surface area contributed by atoms with Crippen molar-refractivity contribution < 1.29 is 0 Å². The lowest BCUT2D eigenvalue weighted by Gasteiger charge is -2.08. The van der Waals surface area contributed by atoms with Crippen molar-refractivity contribution in [3.63, 3.8) is 0 Å². The Labute approximate surface area is 84.8 Å². The molecule has 0 saturated heterocycles. The number of hydrogen-bond acceptors (Lipinski definition) is 3. The fourth-order valence-corrected chi connectivity index (χ4v) is 1.25. The summed E-state index contributed by atoms with van der Waals surface area (Å²) in [6.07, 6.45) is 0. The van der Waals surface area contributed by atoms with Gasteiger partial charge in [0.25, 0.3) is 0 Å². The number of rotatable bonds is 4. The molecular weight excluding hydrogens is 182 g/mol. The molecule has 0 amide bonds. The van der Waals surface area contributed by atoms with Crippen LogP contribution in [0.25, 0.3) is 0 Å². The first-order valence-corrected chi connectivity index (χ1v) is 4.71. The van der Waals surface area contributed by atoms with E-state index in [1.165, 1.54) is 0 Å². The quantitative estimate of drug-likeness (QED) is 0.405. The van der Waals surface area contributed by atoms with E-state index in [2.05, 4.69) is 16.7 Å². The maximum Gasteiger partial charge on any atom is 0.119 e. The first kappa shape index (κ1) is 11.9. The minimum atomic E-state index is 0.517. The predicted molar refractivity (Wildman–Crippen MR) is 58.3 cm³/mol. The van der Waals surface area contributed by atoms with Gasteiger partial charge in [0.05, 0.1) is 0 Å². The van der Waals surface area contributed by atoms with Gasteiger partial charge in [-0.25, -0.2) is 0 Å². The largest absolute Gasteiger partial charge is 0.388 e. The molecule has 0 radical (unpaired) electrons. The van der Waals surface area contributed by atoms with E-state index in [4.69, 9.17) is 17.5 Å². The number of allylic oxidation sites excluding steroid dienone is 1. The van der Waals surface area contributed by atoms with Gasteiger partial charge in [0, 0.05) is 18.8 Å². The zero-order chi connectivity index (χ0) is 10.3. The third-order valence-corrected chi connectivity index (χ3v) is 1.84. The lowest BCUT2D eigenvalue weighted by Crippen LogP contribution is -2.25. The van der Waals surface area contributed by atoms with Crippen LogP contribution in [0, 0.1) is 11.3 Å². The number of thiocarbonyl (C=S) groups is 1. The van der Waals surface area contributed by atoms with Crippen molar-refractivity contribution in [2.45, 2.75) is 20.8 Å². The smallest absolute Gasteiger partial charge is 0.119 e. The molecule has 0 aromatic rings. The van der Waals surface area contributed by atoms with Crippen molar-refractivity contribution in [2.24, 2.45) is 0 Å². The molecule has 72 valence electrons. The second kappa shape index (κ2) is 6.44. The van der Waals surface area contributed by atoms with Crippen molar-refractivity contribution in [1.29, 1.82) is 5.26 Å². The Bertz CT molecular complexity index is 250. The zero-order valence-electron chi connectivity index (χ0n) is 8.27. The third kappa shape index (κ3) is 3.90. The number of nitriles is 1. The van der Waals surface area contributed by atoms with Gasteiger partial charge in [0.2, 0.25) is 0 Å². The third-order valence-electron chi connectivity index (χ3n) is 1.49. The van der Waals surface area contributed by atoms with E-state index in [0.717, 1.165) is 18.8 Å². The van der Waals surface area contributed by atoms with Crippen LogP contribution in [0.4, 0.5) is 0 Å². The summed E-state index contributed by atoms with van der Waals surface area (Å²) in [5.74, 6) is 0.